The molecule has 4 nitrogen and oxygen atoms in total. The van der Waals surface area contributed by atoms with Crippen LogP contribution in [0.1, 0.15) is 30.7 Å². The molecule has 1 saturated carbocycles. The van der Waals surface area contributed by atoms with E-state index in [4.69, 9.17) is 17.1 Å². The number of nitrogens with zero attached hydrogens (tertiary/aromatic N) is 3. The molecule has 2 rings (SSSR count). The minimum absolute atomic E-state index is 0.0334. The van der Waals surface area contributed by atoms with E-state index in [0.717, 1.165) is 12.0 Å². The van der Waals surface area contributed by atoms with Crippen LogP contribution in [0.15, 0.2) is 29.4 Å². The van der Waals surface area contributed by atoms with Gasteiger partial charge in [-0.05, 0) is 35.9 Å². The van der Waals surface area contributed by atoms with Gasteiger partial charge >= 0.3 is 0 Å². The van der Waals surface area contributed by atoms with Crippen molar-refractivity contribution in [3.8, 4) is 0 Å². The van der Waals surface area contributed by atoms with Crippen LogP contribution >= 0.6 is 11.6 Å². The van der Waals surface area contributed by atoms with Gasteiger partial charge in [-0.3, -0.25) is 4.79 Å². The fourth-order valence-electron chi connectivity index (χ4n) is 2.26. The molecule has 1 aromatic carbocycles. The highest BCUT2D eigenvalue weighted by Crippen LogP contribution is 2.36. The lowest BCUT2D eigenvalue weighted by molar-refractivity contribution is -0.121. The van der Waals surface area contributed by atoms with E-state index < -0.39 is 6.04 Å². The van der Waals surface area contributed by atoms with Crippen LogP contribution in [-0.2, 0) is 4.79 Å². The molecule has 0 N–H and O–H groups in total. The first-order valence-corrected chi connectivity index (χ1v) is 5.91. The van der Waals surface area contributed by atoms with Gasteiger partial charge in [0.05, 0.1) is 6.04 Å². The number of ketones is 1. The number of halogens is 1. The Labute approximate surface area is 104 Å². The Bertz CT molecular complexity index is 482. The molecule has 0 aromatic heterocycles. The Balaban J connectivity index is 2.21. The standard InChI is InChI=1S/C12H12ClN3O/c13-10-4-2-1-3-9(10)8-5-6-12(17)11(7-8)15-16-14/h1-4,8,11H,5-7H2. The number of rotatable bonds is 2. The van der Waals surface area contributed by atoms with Crippen molar-refractivity contribution in [2.75, 3.05) is 0 Å². The van der Waals surface area contributed by atoms with Crippen molar-refractivity contribution in [1.82, 2.24) is 0 Å². The highest BCUT2D eigenvalue weighted by Gasteiger charge is 2.29. The molecule has 0 aliphatic heterocycles. The minimum Gasteiger partial charge on any atom is -0.299 e. The van der Waals surface area contributed by atoms with Crippen LogP contribution in [0.25, 0.3) is 10.4 Å². The zero-order valence-corrected chi connectivity index (χ0v) is 9.97. The van der Waals surface area contributed by atoms with Crippen LogP contribution in [0.4, 0.5) is 0 Å². The molecule has 1 aliphatic rings. The molecule has 0 heterocycles. The van der Waals surface area contributed by atoms with Crippen molar-refractivity contribution in [2.24, 2.45) is 5.11 Å². The third-order valence-electron chi connectivity index (χ3n) is 3.15. The Hall–Kier alpha value is -1.51. The zero-order valence-electron chi connectivity index (χ0n) is 9.21. The molecule has 1 aliphatic carbocycles. The molecule has 0 spiro atoms. The molecular formula is C12H12ClN3O. The largest absolute Gasteiger partial charge is 0.299 e. The number of azide groups is 1. The van der Waals surface area contributed by atoms with Crippen molar-refractivity contribution < 1.29 is 4.79 Å². The number of benzene rings is 1. The summed E-state index contributed by atoms with van der Waals surface area (Å²) in [6.45, 7) is 0. The highest BCUT2D eigenvalue weighted by atomic mass is 35.5. The van der Waals surface area contributed by atoms with Gasteiger partial charge in [0.2, 0.25) is 0 Å². The maximum absolute atomic E-state index is 11.5. The Morgan fingerprint density at radius 1 is 1.41 bits per heavy atom. The first kappa shape index (κ1) is 12.0. The third-order valence-corrected chi connectivity index (χ3v) is 3.50. The van der Waals surface area contributed by atoms with Crippen molar-refractivity contribution >= 4 is 17.4 Å². The van der Waals surface area contributed by atoms with Crippen molar-refractivity contribution in [3.63, 3.8) is 0 Å². The first-order chi connectivity index (χ1) is 8.22. The van der Waals surface area contributed by atoms with Crippen LogP contribution in [0.3, 0.4) is 0 Å². The predicted molar refractivity (Wildman–Crippen MR) is 66.0 cm³/mol. The third kappa shape index (κ3) is 2.60. The van der Waals surface area contributed by atoms with Gasteiger partial charge in [-0.15, -0.1) is 0 Å². The predicted octanol–water partition coefficient (Wildman–Crippen LogP) is 3.86. The molecule has 1 aromatic rings. The molecule has 2 unspecified atom stereocenters. The summed E-state index contributed by atoms with van der Waals surface area (Å²) in [7, 11) is 0. The topological polar surface area (TPSA) is 65.8 Å². The van der Waals surface area contributed by atoms with E-state index in [0.29, 0.717) is 17.9 Å². The molecule has 2 atom stereocenters. The van der Waals surface area contributed by atoms with Crippen LogP contribution in [0.2, 0.25) is 5.02 Å². The summed E-state index contributed by atoms with van der Waals surface area (Å²) in [5.41, 5.74) is 9.47. The first-order valence-electron chi connectivity index (χ1n) is 5.53. The summed E-state index contributed by atoms with van der Waals surface area (Å²) in [6, 6.07) is 7.09. The van der Waals surface area contributed by atoms with Gasteiger partial charge in [-0.2, -0.15) is 0 Å². The van der Waals surface area contributed by atoms with Gasteiger partial charge in [-0.25, -0.2) is 0 Å². The van der Waals surface area contributed by atoms with Gasteiger partial charge < -0.3 is 0 Å². The molecular weight excluding hydrogens is 238 g/mol. The fourth-order valence-corrected chi connectivity index (χ4v) is 2.55. The molecule has 88 valence electrons. The second kappa shape index (κ2) is 5.21. The monoisotopic (exact) mass is 249 g/mol. The van der Waals surface area contributed by atoms with E-state index in [-0.39, 0.29) is 11.7 Å². The number of carbonyl (C=O) groups excluding carboxylic acids is 1. The summed E-state index contributed by atoms with van der Waals surface area (Å²) in [4.78, 5) is 14.3. The van der Waals surface area contributed by atoms with Crippen LogP contribution < -0.4 is 0 Å². The van der Waals surface area contributed by atoms with Gasteiger partial charge in [0.25, 0.3) is 0 Å². The van der Waals surface area contributed by atoms with Gasteiger partial charge in [0, 0.05) is 16.4 Å². The lowest BCUT2D eigenvalue weighted by Crippen LogP contribution is -2.26. The summed E-state index contributed by atoms with van der Waals surface area (Å²) in [5.74, 6) is 0.239. The van der Waals surface area contributed by atoms with Gasteiger partial charge in [-0.1, -0.05) is 34.9 Å². The molecule has 1 fully saturated rings. The lowest BCUT2D eigenvalue weighted by Gasteiger charge is -2.26. The van der Waals surface area contributed by atoms with Crippen molar-refractivity contribution in [2.45, 2.75) is 31.2 Å². The quantitative estimate of drug-likeness (QED) is 0.446. The molecule has 0 saturated heterocycles. The zero-order chi connectivity index (χ0) is 12.3. The molecule has 0 radical (unpaired) electrons. The van der Waals surface area contributed by atoms with Crippen molar-refractivity contribution in [3.05, 3.63) is 45.3 Å². The maximum Gasteiger partial charge on any atom is 0.141 e. The Morgan fingerprint density at radius 3 is 2.88 bits per heavy atom. The van der Waals surface area contributed by atoms with E-state index in [1.165, 1.54) is 0 Å². The second-order valence-corrected chi connectivity index (χ2v) is 4.59. The fraction of sp³-hybridized carbons (Fsp3) is 0.417. The van der Waals surface area contributed by atoms with E-state index >= 15 is 0 Å². The Morgan fingerprint density at radius 2 is 2.18 bits per heavy atom. The summed E-state index contributed by atoms with van der Waals surface area (Å²) in [5, 5.41) is 4.27. The molecule has 0 amide bonds. The normalized spacial score (nSPS) is 24.2. The SMILES string of the molecule is [N-]=[N+]=NC1CC(c2ccccc2Cl)CCC1=O. The number of hydrogen-bond donors (Lipinski definition) is 0. The number of hydrogen-bond acceptors (Lipinski definition) is 2. The average Bonchev–Trinajstić information content (AvgIpc) is 2.33. The highest BCUT2D eigenvalue weighted by molar-refractivity contribution is 6.31. The molecule has 17 heavy (non-hydrogen) atoms. The minimum atomic E-state index is -0.532. The lowest BCUT2D eigenvalue weighted by atomic mass is 9.81. The Kier molecular flexibility index (Phi) is 3.67. The summed E-state index contributed by atoms with van der Waals surface area (Å²) in [6.07, 6.45) is 1.80. The van der Waals surface area contributed by atoms with Gasteiger partial charge in [0.1, 0.15) is 5.78 Å². The van der Waals surface area contributed by atoms with E-state index in [1.807, 2.05) is 24.3 Å². The average molecular weight is 250 g/mol. The number of Topliss-reactive ketones (excluding diaryl/α,β-unsaturated/α-hetero) is 1. The molecule has 0 bridgehead atoms. The van der Waals surface area contributed by atoms with Crippen LogP contribution in [-0.4, -0.2) is 11.8 Å². The van der Waals surface area contributed by atoms with Crippen molar-refractivity contribution in [1.29, 1.82) is 0 Å². The second-order valence-electron chi connectivity index (χ2n) is 4.18. The smallest absolute Gasteiger partial charge is 0.141 e. The van der Waals surface area contributed by atoms with E-state index in [2.05, 4.69) is 10.0 Å². The van der Waals surface area contributed by atoms with Crippen LogP contribution in [0.5, 0.6) is 0 Å². The summed E-state index contributed by atoms with van der Waals surface area (Å²) >= 11 is 6.13. The van der Waals surface area contributed by atoms with Gasteiger partial charge in [0.15, 0.2) is 0 Å². The maximum atomic E-state index is 11.5. The van der Waals surface area contributed by atoms with E-state index in [1.54, 1.807) is 0 Å². The van der Waals surface area contributed by atoms with E-state index in [9.17, 15) is 4.79 Å². The van der Waals surface area contributed by atoms with Crippen LogP contribution in [0, 0.1) is 0 Å². The molecule has 5 heteroatoms. The number of carbonyl (C=O) groups is 1. The summed E-state index contributed by atoms with van der Waals surface area (Å²) < 4.78 is 0.